The summed E-state index contributed by atoms with van der Waals surface area (Å²) in [7, 11) is 0. The molecule has 6 nitrogen and oxygen atoms in total. The largest absolute Gasteiger partial charge is 0.494 e. The summed E-state index contributed by atoms with van der Waals surface area (Å²) in [4.78, 5) is 12.3. The summed E-state index contributed by atoms with van der Waals surface area (Å²) >= 11 is 1.68. The molecule has 30 heavy (non-hydrogen) atoms. The van der Waals surface area contributed by atoms with Gasteiger partial charge in [-0.25, -0.2) is 4.98 Å². The Bertz CT molecular complexity index is 923. The van der Waals surface area contributed by atoms with E-state index in [9.17, 15) is 0 Å². The van der Waals surface area contributed by atoms with Crippen molar-refractivity contribution in [1.29, 1.82) is 0 Å². The van der Waals surface area contributed by atoms with E-state index in [0.717, 1.165) is 85.4 Å². The first-order chi connectivity index (χ1) is 14.8. The van der Waals surface area contributed by atoms with Crippen molar-refractivity contribution in [2.45, 2.75) is 56.4 Å². The Morgan fingerprint density at radius 3 is 2.77 bits per heavy atom. The zero-order valence-corrected chi connectivity index (χ0v) is 18.3. The molecule has 3 aliphatic rings. The molecule has 160 valence electrons. The van der Waals surface area contributed by atoms with Crippen LogP contribution in [-0.2, 0) is 16.0 Å². The standard InChI is InChI=1S/C23H29N3O3S/c1-2-27-18-7-8-21-16(12-18)11-17-14-26(15-20-6-4-10-29-20)23(30-22(17)25-21)24-13-19-5-3-9-28-19/h7-8,11-12,19-20H,2-6,9-10,13-15H2,1H3. The van der Waals surface area contributed by atoms with E-state index in [1.807, 2.05) is 19.1 Å². The van der Waals surface area contributed by atoms with E-state index in [4.69, 9.17) is 24.2 Å². The SMILES string of the molecule is CCOc1ccc2nc3c(cc2c1)CN(CC1CCCO1)C(=NCC1CCCO1)S3. The highest BCUT2D eigenvalue weighted by Crippen LogP contribution is 2.35. The fourth-order valence-corrected chi connectivity index (χ4v) is 5.32. The fraction of sp³-hybridized carbons (Fsp3) is 0.565. The third kappa shape index (κ3) is 4.43. The van der Waals surface area contributed by atoms with Crippen molar-refractivity contribution in [3.63, 3.8) is 0 Å². The van der Waals surface area contributed by atoms with E-state index in [0.29, 0.717) is 6.61 Å². The van der Waals surface area contributed by atoms with Crippen LogP contribution in [0.5, 0.6) is 5.75 Å². The van der Waals surface area contributed by atoms with Crippen LogP contribution in [0.3, 0.4) is 0 Å². The van der Waals surface area contributed by atoms with Crippen LogP contribution in [0.15, 0.2) is 34.3 Å². The maximum absolute atomic E-state index is 5.92. The molecule has 0 radical (unpaired) electrons. The summed E-state index contributed by atoms with van der Waals surface area (Å²) in [5, 5.41) is 3.23. The van der Waals surface area contributed by atoms with Crippen LogP contribution in [0.1, 0.15) is 38.2 Å². The molecular formula is C23H29N3O3S. The second-order valence-electron chi connectivity index (χ2n) is 8.12. The first kappa shape index (κ1) is 20.1. The maximum Gasteiger partial charge on any atom is 0.166 e. The van der Waals surface area contributed by atoms with Gasteiger partial charge >= 0.3 is 0 Å². The van der Waals surface area contributed by atoms with Gasteiger partial charge in [0.25, 0.3) is 0 Å². The minimum absolute atomic E-state index is 0.255. The van der Waals surface area contributed by atoms with Gasteiger partial charge in [0, 0.05) is 37.3 Å². The molecule has 1 aromatic carbocycles. The molecule has 1 aromatic heterocycles. The molecule has 0 aliphatic carbocycles. The number of hydrogen-bond acceptors (Lipinski definition) is 6. The Kier molecular flexibility index (Phi) is 6.11. The number of thioether (sulfide) groups is 1. The lowest BCUT2D eigenvalue weighted by molar-refractivity contribution is 0.0899. The number of aliphatic imine (C=N–C) groups is 1. The summed E-state index contributed by atoms with van der Waals surface area (Å²) < 4.78 is 17.4. The molecule has 2 aromatic rings. The first-order valence-corrected chi connectivity index (χ1v) is 11.9. The molecule has 4 heterocycles. The van der Waals surface area contributed by atoms with Crippen LogP contribution in [0.25, 0.3) is 10.9 Å². The smallest absolute Gasteiger partial charge is 0.166 e. The van der Waals surface area contributed by atoms with Crippen molar-refractivity contribution in [2.24, 2.45) is 4.99 Å². The molecule has 2 saturated heterocycles. The van der Waals surface area contributed by atoms with E-state index >= 15 is 0 Å². The molecule has 0 N–H and O–H groups in total. The molecule has 0 spiro atoms. The molecule has 0 bridgehead atoms. The Labute approximate surface area is 182 Å². The molecular weight excluding hydrogens is 398 g/mol. The number of amidine groups is 1. The number of fused-ring (bicyclic) bond motifs is 2. The molecule has 7 heteroatoms. The molecule has 2 fully saturated rings. The Balaban J connectivity index is 1.43. The summed E-state index contributed by atoms with van der Waals surface area (Å²) in [6.45, 7) is 6.83. The second kappa shape index (κ2) is 9.12. The normalized spacial score (nSPS) is 25.2. The van der Waals surface area contributed by atoms with Gasteiger partial charge in [-0.2, -0.15) is 0 Å². The number of benzene rings is 1. The lowest BCUT2D eigenvalue weighted by Crippen LogP contribution is -2.38. The van der Waals surface area contributed by atoms with Crippen molar-refractivity contribution in [1.82, 2.24) is 9.88 Å². The van der Waals surface area contributed by atoms with Crippen LogP contribution >= 0.6 is 11.8 Å². The third-order valence-corrected chi connectivity index (χ3v) is 6.97. The number of ether oxygens (including phenoxy) is 3. The fourth-order valence-electron chi connectivity index (χ4n) is 4.34. The van der Waals surface area contributed by atoms with Crippen LogP contribution in [-0.4, -0.2) is 60.2 Å². The van der Waals surface area contributed by atoms with Gasteiger partial charge in [0.2, 0.25) is 0 Å². The quantitative estimate of drug-likeness (QED) is 0.687. The Morgan fingerprint density at radius 1 is 1.17 bits per heavy atom. The van der Waals surface area contributed by atoms with Gasteiger partial charge < -0.3 is 19.1 Å². The van der Waals surface area contributed by atoms with Gasteiger partial charge in [0.1, 0.15) is 10.8 Å². The average molecular weight is 428 g/mol. The minimum Gasteiger partial charge on any atom is -0.494 e. The predicted molar refractivity (Wildman–Crippen MR) is 119 cm³/mol. The molecule has 2 unspecified atom stereocenters. The second-order valence-corrected chi connectivity index (χ2v) is 9.07. The van der Waals surface area contributed by atoms with Gasteiger partial charge in [-0.3, -0.25) is 4.99 Å². The van der Waals surface area contributed by atoms with Crippen molar-refractivity contribution in [3.8, 4) is 5.75 Å². The van der Waals surface area contributed by atoms with Crippen LogP contribution < -0.4 is 4.74 Å². The predicted octanol–water partition coefficient (Wildman–Crippen LogP) is 4.26. The topological polar surface area (TPSA) is 56.2 Å². The van der Waals surface area contributed by atoms with Gasteiger partial charge in [-0.1, -0.05) is 0 Å². The van der Waals surface area contributed by atoms with Gasteiger partial charge in [-0.15, -0.1) is 0 Å². The monoisotopic (exact) mass is 427 g/mol. The van der Waals surface area contributed by atoms with Gasteiger partial charge in [0.15, 0.2) is 5.17 Å². The summed E-state index contributed by atoms with van der Waals surface area (Å²) in [5.41, 5.74) is 2.24. The molecule has 3 aliphatic heterocycles. The van der Waals surface area contributed by atoms with Crippen LogP contribution in [0.4, 0.5) is 0 Å². The van der Waals surface area contributed by atoms with Gasteiger partial charge in [0.05, 0.1) is 30.9 Å². The van der Waals surface area contributed by atoms with E-state index in [2.05, 4.69) is 17.0 Å². The van der Waals surface area contributed by atoms with E-state index in [1.54, 1.807) is 11.8 Å². The zero-order chi connectivity index (χ0) is 20.3. The van der Waals surface area contributed by atoms with Crippen molar-refractivity contribution in [2.75, 3.05) is 32.9 Å². The molecule has 0 saturated carbocycles. The number of pyridine rings is 1. The Hall–Kier alpha value is -1.83. The third-order valence-electron chi connectivity index (χ3n) is 5.86. The Morgan fingerprint density at radius 2 is 2.00 bits per heavy atom. The number of rotatable bonds is 6. The number of nitrogens with zero attached hydrogens (tertiary/aromatic N) is 3. The highest BCUT2D eigenvalue weighted by Gasteiger charge is 2.28. The highest BCUT2D eigenvalue weighted by molar-refractivity contribution is 8.13. The van der Waals surface area contributed by atoms with Crippen molar-refractivity contribution >= 4 is 27.8 Å². The van der Waals surface area contributed by atoms with E-state index in [1.165, 1.54) is 5.56 Å². The first-order valence-electron chi connectivity index (χ1n) is 11.1. The highest BCUT2D eigenvalue weighted by atomic mass is 32.2. The van der Waals surface area contributed by atoms with Crippen molar-refractivity contribution < 1.29 is 14.2 Å². The summed E-state index contributed by atoms with van der Waals surface area (Å²) in [6.07, 6.45) is 5.07. The molecule has 0 amide bonds. The van der Waals surface area contributed by atoms with E-state index in [-0.39, 0.29) is 12.2 Å². The van der Waals surface area contributed by atoms with Crippen molar-refractivity contribution in [3.05, 3.63) is 29.8 Å². The maximum atomic E-state index is 5.92. The number of hydrogen-bond donors (Lipinski definition) is 0. The lowest BCUT2D eigenvalue weighted by atomic mass is 10.1. The zero-order valence-electron chi connectivity index (χ0n) is 17.5. The molecule has 2 atom stereocenters. The van der Waals surface area contributed by atoms with Crippen LogP contribution in [0, 0.1) is 0 Å². The summed E-state index contributed by atoms with van der Waals surface area (Å²) in [5.74, 6) is 0.894. The molecule has 5 rings (SSSR count). The minimum atomic E-state index is 0.255. The van der Waals surface area contributed by atoms with E-state index < -0.39 is 0 Å². The average Bonchev–Trinajstić information content (AvgIpc) is 3.45. The number of aromatic nitrogens is 1. The van der Waals surface area contributed by atoms with Gasteiger partial charge in [-0.05, 0) is 68.6 Å². The lowest BCUT2D eigenvalue weighted by Gasteiger charge is -2.32. The summed E-state index contributed by atoms with van der Waals surface area (Å²) in [6, 6.07) is 8.38. The van der Waals surface area contributed by atoms with Crippen LogP contribution in [0.2, 0.25) is 0 Å².